The van der Waals surface area contributed by atoms with Gasteiger partial charge < -0.3 is 4.42 Å². The fraction of sp³-hybridized carbons (Fsp3) is 0.350. The lowest BCUT2D eigenvalue weighted by atomic mass is 10.1. The standard InChI is InChI=1S/C20H23N3O3S2/c1-15-3-6-17(7-4-15)20-21-18(14-26-20)13-22-9-11-23(12-10-22)28(24,25)19-8-5-16(2)27-19/h3-8,14H,9-13H2,1-2H3. The molecule has 0 spiro atoms. The molecule has 0 aliphatic carbocycles. The largest absolute Gasteiger partial charge is 0.444 e. The quantitative estimate of drug-likeness (QED) is 0.635. The van der Waals surface area contributed by atoms with Crippen LogP contribution in [0, 0.1) is 13.8 Å². The van der Waals surface area contributed by atoms with E-state index in [9.17, 15) is 8.42 Å². The normalized spacial score (nSPS) is 16.5. The average Bonchev–Trinajstić information content (AvgIpc) is 3.32. The molecule has 3 heterocycles. The summed E-state index contributed by atoms with van der Waals surface area (Å²) < 4.78 is 33.1. The van der Waals surface area contributed by atoms with Crippen molar-refractivity contribution in [2.45, 2.75) is 24.6 Å². The number of benzene rings is 1. The maximum Gasteiger partial charge on any atom is 0.252 e. The van der Waals surface area contributed by atoms with Crippen LogP contribution in [-0.2, 0) is 16.6 Å². The monoisotopic (exact) mass is 417 g/mol. The number of hydrogen-bond acceptors (Lipinski definition) is 6. The van der Waals surface area contributed by atoms with Crippen LogP contribution in [0.15, 0.2) is 51.3 Å². The fourth-order valence-corrected chi connectivity index (χ4v) is 6.10. The Morgan fingerprint density at radius 2 is 1.75 bits per heavy atom. The van der Waals surface area contributed by atoms with Gasteiger partial charge in [-0.05, 0) is 38.1 Å². The highest BCUT2D eigenvalue weighted by Gasteiger charge is 2.29. The first-order valence-corrected chi connectivity index (χ1v) is 11.5. The van der Waals surface area contributed by atoms with Crippen LogP contribution >= 0.6 is 11.3 Å². The van der Waals surface area contributed by atoms with Crippen molar-refractivity contribution < 1.29 is 12.8 Å². The maximum absolute atomic E-state index is 12.7. The van der Waals surface area contributed by atoms with E-state index < -0.39 is 10.0 Å². The highest BCUT2D eigenvalue weighted by atomic mass is 32.2. The van der Waals surface area contributed by atoms with Gasteiger partial charge in [-0.1, -0.05) is 17.7 Å². The number of hydrogen-bond donors (Lipinski definition) is 0. The molecule has 3 aromatic rings. The SMILES string of the molecule is Cc1ccc(-c2nc(CN3CCN(S(=O)(=O)c4ccc(C)s4)CC3)co2)cc1. The second-order valence-corrected chi connectivity index (χ2v) is 10.5. The van der Waals surface area contributed by atoms with E-state index in [0.29, 0.717) is 42.8 Å². The minimum Gasteiger partial charge on any atom is -0.444 e. The highest BCUT2D eigenvalue weighted by molar-refractivity contribution is 7.91. The predicted octanol–water partition coefficient (Wildman–Crippen LogP) is 3.53. The zero-order chi connectivity index (χ0) is 19.7. The Morgan fingerprint density at radius 1 is 1.04 bits per heavy atom. The second-order valence-electron chi connectivity index (χ2n) is 7.06. The smallest absolute Gasteiger partial charge is 0.252 e. The molecular weight excluding hydrogens is 394 g/mol. The molecule has 1 aliphatic rings. The summed E-state index contributed by atoms with van der Waals surface area (Å²) in [4.78, 5) is 7.80. The van der Waals surface area contributed by atoms with Crippen molar-refractivity contribution in [2.75, 3.05) is 26.2 Å². The molecule has 1 saturated heterocycles. The van der Waals surface area contributed by atoms with Crippen LogP contribution in [0.2, 0.25) is 0 Å². The van der Waals surface area contributed by atoms with Gasteiger partial charge in [-0.25, -0.2) is 13.4 Å². The van der Waals surface area contributed by atoms with Gasteiger partial charge >= 0.3 is 0 Å². The van der Waals surface area contributed by atoms with Crippen molar-refractivity contribution in [1.29, 1.82) is 0 Å². The minimum absolute atomic E-state index is 0.428. The van der Waals surface area contributed by atoms with E-state index in [-0.39, 0.29) is 0 Å². The van der Waals surface area contributed by atoms with Crippen molar-refractivity contribution in [3.8, 4) is 11.5 Å². The van der Waals surface area contributed by atoms with E-state index in [2.05, 4.69) is 9.88 Å². The number of sulfonamides is 1. The Labute approximate surface area is 169 Å². The molecule has 1 aliphatic heterocycles. The molecule has 8 heteroatoms. The Kier molecular flexibility index (Phi) is 5.37. The molecule has 0 radical (unpaired) electrons. The lowest BCUT2D eigenvalue weighted by Crippen LogP contribution is -2.48. The molecular formula is C20H23N3O3S2. The first-order chi connectivity index (χ1) is 13.4. The van der Waals surface area contributed by atoms with Crippen molar-refractivity contribution in [3.05, 3.63) is 58.8 Å². The lowest BCUT2D eigenvalue weighted by Gasteiger charge is -2.33. The van der Waals surface area contributed by atoms with Gasteiger partial charge in [-0.3, -0.25) is 4.90 Å². The van der Waals surface area contributed by atoms with E-state index in [1.54, 1.807) is 16.6 Å². The number of aromatic nitrogens is 1. The van der Waals surface area contributed by atoms with Crippen LogP contribution in [0.4, 0.5) is 0 Å². The van der Waals surface area contributed by atoms with Crippen molar-refractivity contribution in [1.82, 2.24) is 14.2 Å². The molecule has 0 atom stereocenters. The first-order valence-electron chi connectivity index (χ1n) is 9.22. The van der Waals surface area contributed by atoms with Gasteiger partial charge in [0, 0.05) is 43.2 Å². The molecule has 2 aromatic heterocycles. The zero-order valence-electron chi connectivity index (χ0n) is 16.0. The van der Waals surface area contributed by atoms with E-state index in [1.165, 1.54) is 16.9 Å². The highest BCUT2D eigenvalue weighted by Crippen LogP contribution is 2.25. The first kappa shape index (κ1) is 19.3. The number of thiophene rings is 1. The number of aryl methyl sites for hydroxylation is 2. The van der Waals surface area contributed by atoms with Crippen molar-refractivity contribution in [2.24, 2.45) is 0 Å². The third-order valence-electron chi connectivity index (χ3n) is 4.88. The summed E-state index contributed by atoms with van der Waals surface area (Å²) in [6.07, 6.45) is 1.69. The van der Waals surface area contributed by atoms with Crippen LogP contribution in [0.1, 0.15) is 16.1 Å². The van der Waals surface area contributed by atoms with Crippen LogP contribution in [0.3, 0.4) is 0 Å². The molecule has 148 valence electrons. The summed E-state index contributed by atoms with van der Waals surface area (Å²) in [6, 6.07) is 11.6. The molecule has 0 N–H and O–H groups in total. The Morgan fingerprint density at radius 3 is 2.39 bits per heavy atom. The molecule has 0 unspecified atom stereocenters. The van der Waals surface area contributed by atoms with Gasteiger partial charge in [0.15, 0.2) is 0 Å². The Balaban J connectivity index is 1.37. The van der Waals surface area contributed by atoms with E-state index in [1.807, 2.05) is 44.2 Å². The number of rotatable bonds is 5. The number of piperazine rings is 1. The van der Waals surface area contributed by atoms with Gasteiger partial charge in [-0.2, -0.15) is 4.31 Å². The van der Waals surface area contributed by atoms with E-state index in [0.717, 1.165) is 16.1 Å². The van der Waals surface area contributed by atoms with Crippen LogP contribution < -0.4 is 0 Å². The number of oxazole rings is 1. The van der Waals surface area contributed by atoms with Gasteiger partial charge in [0.25, 0.3) is 10.0 Å². The van der Waals surface area contributed by atoms with Gasteiger partial charge in [0.2, 0.25) is 5.89 Å². The molecule has 0 bridgehead atoms. The van der Waals surface area contributed by atoms with Crippen LogP contribution in [0.25, 0.3) is 11.5 Å². The third-order valence-corrected chi connectivity index (χ3v) is 8.24. The Hall–Kier alpha value is -2.00. The molecule has 0 amide bonds. The summed E-state index contributed by atoms with van der Waals surface area (Å²) in [5.74, 6) is 0.615. The molecule has 28 heavy (non-hydrogen) atoms. The Bertz CT molecular complexity index is 1050. The summed E-state index contributed by atoms with van der Waals surface area (Å²) in [7, 11) is -3.38. The predicted molar refractivity (Wildman–Crippen MR) is 110 cm³/mol. The van der Waals surface area contributed by atoms with Gasteiger partial charge in [0.1, 0.15) is 10.5 Å². The molecule has 1 aromatic carbocycles. The second kappa shape index (κ2) is 7.79. The number of nitrogens with zero attached hydrogens (tertiary/aromatic N) is 3. The molecule has 4 rings (SSSR count). The maximum atomic E-state index is 12.7. The summed E-state index contributed by atoms with van der Waals surface area (Å²) >= 11 is 1.33. The zero-order valence-corrected chi connectivity index (χ0v) is 17.6. The average molecular weight is 418 g/mol. The summed E-state index contributed by atoms with van der Waals surface area (Å²) in [5.41, 5.74) is 3.01. The topological polar surface area (TPSA) is 66.7 Å². The van der Waals surface area contributed by atoms with Crippen molar-refractivity contribution in [3.63, 3.8) is 0 Å². The molecule has 0 saturated carbocycles. The van der Waals surface area contributed by atoms with Gasteiger partial charge in [-0.15, -0.1) is 11.3 Å². The van der Waals surface area contributed by atoms with Gasteiger partial charge in [0.05, 0.1) is 5.69 Å². The third kappa shape index (κ3) is 4.05. The summed E-state index contributed by atoms with van der Waals surface area (Å²) in [6.45, 7) is 6.95. The lowest BCUT2D eigenvalue weighted by molar-refractivity contribution is 0.180. The van der Waals surface area contributed by atoms with Crippen LogP contribution in [-0.4, -0.2) is 48.8 Å². The van der Waals surface area contributed by atoms with Crippen molar-refractivity contribution >= 4 is 21.4 Å². The fourth-order valence-electron chi connectivity index (χ4n) is 3.24. The van der Waals surface area contributed by atoms with E-state index >= 15 is 0 Å². The summed E-state index contributed by atoms with van der Waals surface area (Å²) in [5, 5.41) is 0. The minimum atomic E-state index is -3.38. The van der Waals surface area contributed by atoms with E-state index in [4.69, 9.17) is 4.42 Å². The molecule has 1 fully saturated rings. The van der Waals surface area contributed by atoms with Crippen LogP contribution in [0.5, 0.6) is 0 Å². The molecule has 6 nitrogen and oxygen atoms in total.